The number of aromatic nitrogens is 1. The maximum atomic E-state index is 2.39. The molecule has 0 unspecified atom stereocenters. The van der Waals surface area contributed by atoms with Gasteiger partial charge in [-0.1, -0.05) is 188 Å². The minimum absolute atomic E-state index is 1.09. The van der Waals surface area contributed by atoms with Gasteiger partial charge in [0.2, 0.25) is 0 Å². The van der Waals surface area contributed by atoms with Crippen molar-refractivity contribution < 1.29 is 0 Å². The smallest absolute Gasteiger partial charge is 0.0541 e. The minimum Gasteiger partial charge on any atom is -0.310 e. The number of fused-ring (bicyclic) bond motifs is 4. The van der Waals surface area contributed by atoms with Crippen LogP contribution in [-0.2, 0) is 0 Å². The van der Waals surface area contributed by atoms with Crippen molar-refractivity contribution in [1.29, 1.82) is 0 Å². The van der Waals surface area contributed by atoms with Gasteiger partial charge in [-0.3, -0.25) is 0 Å². The van der Waals surface area contributed by atoms with Crippen molar-refractivity contribution in [3.63, 3.8) is 0 Å². The second-order valence-corrected chi connectivity index (χ2v) is 15.3. The Morgan fingerprint density at radius 1 is 0.283 bits per heavy atom. The number of para-hydroxylation sites is 3. The van der Waals surface area contributed by atoms with Crippen molar-refractivity contribution in [3.05, 3.63) is 243 Å². The van der Waals surface area contributed by atoms with Gasteiger partial charge >= 0.3 is 0 Å². The highest BCUT2D eigenvalue weighted by atomic mass is 15.1. The van der Waals surface area contributed by atoms with E-state index in [4.69, 9.17) is 0 Å². The summed E-state index contributed by atoms with van der Waals surface area (Å²) in [7, 11) is 0. The van der Waals surface area contributed by atoms with E-state index in [1.165, 1.54) is 77.1 Å². The Morgan fingerprint density at radius 3 is 1.27 bits per heavy atom. The van der Waals surface area contributed by atoms with Gasteiger partial charge in [0.1, 0.15) is 0 Å². The molecule has 60 heavy (non-hydrogen) atoms. The molecular weight excluding hydrogens is 725 g/mol. The summed E-state index contributed by atoms with van der Waals surface area (Å²) >= 11 is 0. The van der Waals surface area contributed by atoms with E-state index >= 15 is 0 Å². The molecule has 0 amide bonds. The largest absolute Gasteiger partial charge is 0.310 e. The summed E-state index contributed by atoms with van der Waals surface area (Å²) in [6.07, 6.45) is 0. The standard InChI is InChI=1S/C58H40N2/c1-3-15-43(16-4-1)50-21-7-10-26-55(50)59(48-39-33-45(34-40-48)52-25-14-20-46-19-13-24-51(58(46)52)44-17-5-2-6-18-44)47-35-29-41(30-36-47)42-31-37-49(38-32-42)60-56-27-11-8-22-53(56)54-23-9-12-28-57(54)60/h1-40H. The lowest BCUT2D eigenvalue weighted by atomic mass is 9.91. The first-order valence-corrected chi connectivity index (χ1v) is 20.6. The lowest BCUT2D eigenvalue weighted by molar-refractivity contribution is 1.18. The van der Waals surface area contributed by atoms with E-state index in [1.54, 1.807) is 0 Å². The Bertz CT molecular complexity index is 3210. The molecule has 0 saturated heterocycles. The molecule has 0 N–H and O–H groups in total. The number of nitrogens with zero attached hydrogens (tertiary/aromatic N) is 2. The van der Waals surface area contributed by atoms with Gasteiger partial charge in [0.15, 0.2) is 0 Å². The Morgan fingerprint density at radius 2 is 0.700 bits per heavy atom. The van der Waals surface area contributed by atoms with Crippen molar-refractivity contribution in [1.82, 2.24) is 4.57 Å². The minimum atomic E-state index is 1.09. The average molecular weight is 765 g/mol. The van der Waals surface area contributed by atoms with Crippen LogP contribution in [0, 0.1) is 0 Å². The molecule has 0 bridgehead atoms. The van der Waals surface area contributed by atoms with E-state index in [1.807, 2.05) is 0 Å². The van der Waals surface area contributed by atoms with Crippen molar-refractivity contribution in [2.24, 2.45) is 0 Å². The van der Waals surface area contributed by atoms with Gasteiger partial charge in [-0.05, 0) is 104 Å². The molecule has 0 fully saturated rings. The predicted octanol–water partition coefficient (Wildman–Crippen LogP) is 16.1. The molecular formula is C58H40N2. The summed E-state index contributed by atoms with van der Waals surface area (Å²) < 4.78 is 2.37. The third kappa shape index (κ3) is 6.23. The Kier molecular flexibility index (Phi) is 8.87. The number of benzene rings is 10. The highest BCUT2D eigenvalue weighted by Crippen LogP contribution is 2.43. The van der Waals surface area contributed by atoms with Crippen LogP contribution in [0.15, 0.2) is 243 Å². The lowest BCUT2D eigenvalue weighted by Crippen LogP contribution is -2.11. The van der Waals surface area contributed by atoms with Crippen LogP contribution >= 0.6 is 0 Å². The van der Waals surface area contributed by atoms with Crippen LogP contribution in [0.5, 0.6) is 0 Å². The van der Waals surface area contributed by atoms with Gasteiger partial charge in [0.05, 0.1) is 16.7 Å². The molecule has 2 heteroatoms. The second kappa shape index (κ2) is 15.1. The van der Waals surface area contributed by atoms with Crippen molar-refractivity contribution in [2.45, 2.75) is 0 Å². The van der Waals surface area contributed by atoms with Crippen LogP contribution in [-0.4, -0.2) is 4.57 Å². The molecule has 11 aromatic rings. The predicted molar refractivity (Wildman–Crippen MR) is 255 cm³/mol. The third-order valence-electron chi connectivity index (χ3n) is 11.8. The Balaban J connectivity index is 0.981. The van der Waals surface area contributed by atoms with E-state index in [2.05, 4.69) is 252 Å². The number of anilines is 3. The lowest BCUT2D eigenvalue weighted by Gasteiger charge is -2.28. The fourth-order valence-corrected chi connectivity index (χ4v) is 8.99. The van der Waals surface area contributed by atoms with Crippen LogP contribution in [0.3, 0.4) is 0 Å². The molecule has 0 aliphatic heterocycles. The first kappa shape index (κ1) is 35.2. The maximum Gasteiger partial charge on any atom is 0.0541 e. The zero-order chi connectivity index (χ0) is 39.8. The van der Waals surface area contributed by atoms with Gasteiger partial charge in [-0.2, -0.15) is 0 Å². The monoisotopic (exact) mass is 764 g/mol. The second-order valence-electron chi connectivity index (χ2n) is 15.3. The zero-order valence-electron chi connectivity index (χ0n) is 33.0. The van der Waals surface area contributed by atoms with E-state index in [-0.39, 0.29) is 0 Å². The Labute approximate surface area is 350 Å². The van der Waals surface area contributed by atoms with Crippen molar-refractivity contribution >= 4 is 49.6 Å². The summed E-state index contributed by atoms with van der Waals surface area (Å²) in [6.45, 7) is 0. The fourth-order valence-electron chi connectivity index (χ4n) is 8.99. The quantitative estimate of drug-likeness (QED) is 0.150. The SMILES string of the molecule is c1ccc(-c2ccccc2N(c2ccc(-c3ccc(-n4c5ccccc5c5ccccc54)cc3)cc2)c2ccc(-c3cccc4cccc(-c5ccccc5)c34)cc2)cc1. The van der Waals surface area contributed by atoms with Crippen LogP contribution < -0.4 is 4.90 Å². The molecule has 10 aromatic carbocycles. The van der Waals surface area contributed by atoms with Gasteiger partial charge < -0.3 is 9.47 Å². The first-order chi connectivity index (χ1) is 29.8. The molecule has 0 spiro atoms. The molecule has 11 rings (SSSR count). The van der Waals surface area contributed by atoms with Crippen LogP contribution in [0.4, 0.5) is 17.1 Å². The highest BCUT2D eigenvalue weighted by Gasteiger charge is 2.19. The zero-order valence-corrected chi connectivity index (χ0v) is 33.0. The summed E-state index contributed by atoms with van der Waals surface area (Å²) in [4.78, 5) is 2.39. The molecule has 282 valence electrons. The van der Waals surface area contributed by atoms with Crippen LogP contribution in [0.1, 0.15) is 0 Å². The van der Waals surface area contributed by atoms with E-state index in [0.717, 1.165) is 22.7 Å². The Hall–Kier alpha value is -7.94. The van der Waals surface area contributed by atoms with Crippen molar-refractivity contribution in [2.75, 3.05) is 4.90 Å². The number of hydrogen-bond acceptors (Lipinski definition) is 1. The van der Waals surface area contributed by atoms with Gasteiger partial charge in [-0.15, -0.1) is 0 Å². The molecule has 0 radical (unpaired) electrons. The topological polar surface area (TPSA) is 8.17 Å². The molecule has 0 aliphatic carbocycles. The third-order valence-corrected chi connectivity index (χ3v) is 11.8. The molecule has 0 saturated carbocycles. The highest BCUT2D eigenvalue weighted by molar-refractivity contribution is 6.09. The number of hydrogen-bond donors (Lipinski definition) is 0. The summed E-state index contributed by atoms with van der Waals surface area (Å²) in [5.74, 6) is 0. The van der Waals surface area contributed by atoms with Crippen molar-refractivity contribution in [3.8, 4) is 50.2 Å². The first-order valence-electron chi connectivity index (χ1n) is 20.6. The van der Waals surface area contributed by atoms with E-state index < -0.39 is 0 Å². The molecule has 0 atom stereocenters. The summed E-state index contributed by atoms with van der Waals surface area (Å²) in [6, 6.07) is 87.7. The molecule has 1 heterocycles. The molecule has 0 aliphatic rings. The van der Waals surface area contributed by atoms with Crippen LogP contribution in [0.2, 0.25) is 0 Å². The summed E-state index contributed by atoms with van der Waals surface area (Å²) in [5.41, 5.74) is 16.5. The average Bonchev–Trinajstić information content (AvgIpc) is 3.67. The normalized spacial score (nSPS) is 11.3. The van der Waals surface area contributed by atoms with Gasteiger partial charge in [0, 0.05) is 33.4 Å². The van der Waals surface area contributed by atoms with E-state index in [0.29, 0.717) is 0 Å². The maximum absolute atomic E-state index is 2.39. The van der Waals surface area contributed by atoms with Gasteiger partial charge in [0.25, 0.3) is 0 Å². The molecule has 1 aromatic heterocycles. The molecule has 2 nitrogen and oxygen atoms in total. The fraction of sp³-hybridized carbons (Fsp3) is 0. The number of rotatable bonds is 8. The van der Waals surface area contributed by atoms with Crippen LogP contribution in [0.25, 0.3) is 82.8 Å². The van der Waals surface area contributed by atoms with Gasteiger partial charge in [-0.25, -0.2) is 0 Å². The summed E-state index contributed by atoms with van der Waals surface area (Å²) in [5, 5.41) is 5.04. The van der Waals surface area contributed by atoms with E-state index in [9.17, 15) is 0 Å².